The monoisotopic (exact) mass is 667 g/mol. The Morgan fingerprint density at radius 1 is 0.907 bits per heavy atom. The molecule has 3 aromatic rings. The molecule has 3 rings (SSSR count). The number of nitrogens with one attached hydrogen (secondary N) is 1. The first-order valence-electron chi connectivity index (χ1n) is 13.9. The molecule has 1 atom stereocenters. The lowest BCUT2D eigenvalue weighted by Gasteiger charge is -2.34. The molecule has 0 aliphatic rings. The van der Waals surface area contributed by atoms with Gasteiger partial charge in [0, 0.05) is 33.7 Å². The summed E-state index contributed by atoms with van der Waals surface area (Å²) in [5.41, 5.74) is 0.608. The summed E-state index contributed by atoms with van der Waals surface area (Å²) >= 11 is 19.0. The molecule has 0 saturated heterocycles. The Balaban J connectivity index is 2.14. The predicted octanol–water partition coefficient (Wildman–Crippen LogP) is 6.82. The Morgan fingerprint density at radius 3 is 2.12 bits per heavy atom. The van der Waals surface area contributed by atoms with Crippen molar-refractivity contribution in [2.45, 2.75) is 51.6 Å². The number of hydrogen-bond acceptors (Lipinski definition) is 5. The van der Waals surface area contributed by atoms with E-state index in [9.17, 15) is 18.0 Å². The highest BCUT2D eigenvalue weighted by molar-refractivity contribution is 7.92. The number of anilines is 1. The average molecular weight is 669 g/mol. The SMILES string of the molecule is CCOc1ccccc1N(CC(=O)N(Cc1c(Cl)cccc1Cl)C(CC)C(=O)NCC(C)C)S(=O)(=O)c1ccc(Cl)cc1. The van der Waals surface area contributed by atoms with Crippen LogP contribution in [0, 0.1) is 5.92 Å². The van der Waals surface area contributed by atoms with Crippen LogP contribution in [-0.4, -0.2) is 50.9 Å². The number of ether oxygens (including phenoxy) is 1. The predicted molar refractivity (Wildman–Crippen MR) is 173 cm³/mol. The molecule has 43 heavy (non-hydrogen) atoms. The highest BCUT2D eigenvalue weighted by Gasteiger charge is 2.35. The molecule has 12 heteroatoms. The van der Waals surface area contributed by atoms with E-state index in [2.05, 4.69) is 5.32 Å². The Bertz CT molecular complexity index is 1500. The summed E-state index contributed by atoms with van der Waals surface area (Å²) in [6, 6.07) is 16.2. The van der Waals surface area contributed by atoms with Gasteiger partial charge in [-0.2, -0.15) is 0 Å². The van der Waals surface area contributed by atoms with Gasteiger partial charge >= 0.3 is 0 Å². The smallest absolute Gasteiger partial charge is 0.264 e. The van der Waals surface area contributed by atoms with Crippen molar-refractivity contribution in [1.29, 1.82) is 0 Å². The van der Waals surface area contributed by atoms with Crippen molar-refractivity contribution in [2.24, 2.45) is 5.92 Å². The fraction of sp³-hybridized carbons (Fsp3) is 0.355. The first-order valence-corrected chi connectivity index (χ1v) is 16.5. The Morgan fingerprint density at radius 2 is 1.53 bits per heavy atom. The van der Waals surface area contributed by atoms with Crippen molar-refractivity contribution in [2.75, 3.05) is 24.0 Å². The zero-order valence-electron chi connectivity index (χ0n) is 24.5. The summed E-state index contributed by atoms with van der Waals surface area (Å²) in [7, 11) is -4.31. The molecule has 1 N–H and O–H groups in total. The number of amides is 2. The van der Waals surface area contributed by atoms with Gasteiger partial charge in [-0.05, 0) is 67.8 Å². The minimum absolute atomic E-state index is 0.0709. The second-order valence-corrected chi connectivity index (χ2v) is 13.3. The third-order valence-corrected chi connectivity index (χ3v) is 9.31. The van der Waals surface area contributed by atoms with Crippen LogP contribution in [0.5, 0.6) is 5.75 Å². The van der Waals surface area contributed by atoms with E-state index in [1.807, 2.05) is 13.8 Å². The summed E-state index contributed by atoms with van der Waals surface area (Å²) in [5.74, 6) is -0.544. The third-order valence-electron chi connectivity index (χ3n) is 6.57. The molecular weight excluding hydrogens is 633 g/mol. The van der Waals surface area contributed by atoms with Crippen molar-refractivity contribution < 1.29 is 22.7 Å². The van der Waals surface area contributed by atoms with E-state index in [4.69, 9.17) is 39.5 Å². The zero-order valence-corrected chi connectivity index (χ0v) is 27.6. The lowest BCUT2D eigenvalue weighted by atomic mass is 10.1. The summed E-state index contributed by atoms with van der Waals surface area (Å²) in [6.45, 7) is 7.40. The Labute approximate surface area is 268 Å². The number of para-hydroxylation sites is 2. The number of hydrogen-bond donors (Lipinski definition) is 1. The van der Waals surface area contributed by atoms with Crippen LogP contribution in [-0.2, 0) is 26.2 Å². The molecule has 0 aromatic heterocycles. The van der Waals surface area contributed by atoms with E-state index in [-0.39, 0.29) is 47.7 Å². The highest BCUT2D eigenvalue weighted by atomic mass is 35.5. The molecule has 0 spiro atoms. The first kappa shape index (κ1) is 34.5. The number of halogens is 3. The van der Waals surface area contributed by atoms with Crippen LogP contribution in [0.1, 0.15) is 39.7 Å². The molecule has 0 aliphatic heterocycles. The van der Waals surface area contributed by atoms with E-state index in [0.717, 1.165) is 4.31 Å². The fourth-order valence-corrected chi connectivity index (χ4v) is 6.45. The van der Waals surface area contributed by atoms with Crippen LogP contribution in [0.3, 0.4) is 0 Å². The molecule has 1 unspecified atom stereocenters. The number of sulfonamides is 1. The van der Waals surface area contributed by atoms with Crippen molar-refractivity contribution in [3.63, 3.8) is 0 Å². The first-order chi connectivity index (χ1) is 20.4. The molecule has 0 radical (unpaired) electrons. The van der Waals surface area contributed by atoms with Gasteiger partial charge in [-0.15, -0.1) is 0 Å². The van der Waals surface area contributed by atoms with Gasteiger partial charge in [0.15, 0.2) is 0 Å². The molecule has 232 valence electrons. The summed E-state index contributed by atoms with van der Waals surface area (Å²) < 4.78 is 35.0. The number of nitrogens with zero attached hydrogens (tertiary/aromatic N) is 2. The summed E-state index contributed by atoms with van der Waals surface area (Å²) in [6.07, 6.45) is 0.261. The van der Waals surface area contributed by atoms with Gasteiger partial charge in [-0.3, -0.25) is 13.9 Å². The van der Waals surface area contributed by atoms with Crippen LogP contribution in [0.25, 0.3) is 0 Å². The molecule has 0 saturated carbocycles. The van der Waals surface area contributed by atoms with Crippen molar-refractivity contribution in [3.05, 3.63) is 87.4 Å². The largest absolute Gasteiger partial charge is 0.492 e. The topological polar surface area (TPSA) is 96.0 Å². The van der Waals surface area contributed by atoms with Crippen LogP contribution >= 0.6 is 34.8 Å². The van der Waals surface area contributed by atoms with E-state index >= 15 is 0 Å². The van der Waals surface area contributed by atoms with Crippen LogP contribution in [0.4, 0.5) is 5.69 Å². The van der Waals surface area contributed by atoms with E-state index < -0.39 is 28.5 Å². The molecule has 0 heterocycles. The second-order valence-electron chi connectivity index (χ2n) is 10.2. The van der Waals surface area contributed by atoms with E-state index in [1.165, 1.54) is 29.2 Å². The fourth-order valence-electron chi connectivity index (χ4n) is 4.38. The quantitative estimate of drug-likeness (QED) is 0.203. The normalized spacial score (nSPS) is 12.1. The lowest BCUT2D eigenvalue weighted by Crippen LogP contribution is -2.52. The number of carbonyl (C=O) groups is 2. The Hall–Kier alpha value is -2.98. The molecule has 0 aliphatic carbocycles. The maximum Gasteiger partial charge on any atom is 0.264 e. The van der Waals surface area contributed by atoms with Crippen LogP contribution in [0.15, 0.2) is 71.6 Å². The number of benzene rings is 3. The molecule has 2 amide bonds. The maximum atomic E-state index is 14.3. The van der Waals surface area contributed by atoms with Crippen LogP contribution in [0.2, 0.25) is 15.1 Å². The van der Waals surface area contributed by atoms with Gasteiger partial charge in [0.2, 0.25) is 11.8 Å². The molecule has 0 bridgehead atoms. The number of carbonyl (C=O) groups excluding carboxylic acids is 2. The summed E-state index contributed by atoms with van der Waals surface area (Å²) in [4.78, 5) is 28.9. The minimum atomic E-state index is -4.31. The lowest BCUT2D eigenvalue weighted by molar-refractivity contribution is -0.140. The van der Waals surface area contributed by atoms with Crippen molar-refractivity contribution in [1.82, 2.24) is 10.2 Å². The van der Waals surface area contributed by atoms with Crippen LogP contribution < -0.4 is 14.4 Å². The van der Waals surface area contributed by atoms with Gasteiger partial charge < -0.3 is 15.0 Å². The molecule has 3 aromatic carbocycles. The standard InChI is InChI=1S/C31H36Cl3N3O5S/c1-5-27(31(39)35-18-21(3)4)36(19-24-25(33)10-9-11-26(24)34)30(38)20-37(28-12-7-8-13-29(28)42-6-2)43(40,41)23-16-14-22(32)15-17-23/h7-17,21,27H,5-6,18-20H2,1-4H3,(H,35,39). The third kappa shape index (κ3) is 8.79. The van der Waals surface area contributed by atoms with E-state index in [0.29, 0.717) is 27.2 Å². The van der Waals surface area contributed by atoms with Gasteiger partial charge in [0.25, 0.3) is 10.0 Å². The van der Waals surface area contributed by atoms with Gasteiger partial charge in [-0.1, -0.05) is 73.8 Å². The number of rotatable bonds is 14. The average Bonchev–Trinajstić information content (AvgIpc) is 2.96. The minimum Gasteiger partial charge on any atom is -0.492 e. The summed E-state index contributed by atoms with van der Waals surface area (Å²) in [5, 5.41) is 3.88. The second kappa shape index (κ2) is 15.7. The molecule has 8 nitrogen and oxygen atoms in total. The van der Waals surface area contributed by atoms with Gasteiger partial charge in [-0.25, -0.2) is 8.42 Å². The molecule has 0 fully saturated rings. The Kier molecular flexibility index (Phi) is 12.6. The highest BCUT2D eigenvalue weighted by Crippen LogP contribution is 2.34. The van der Waals surface area contributed by atoms with Gasteiger partial charge in [0.1, 0.15) is 18.3 Å². The van der Waals surface area contributed by atoms with Crippen molar-refractivity contribution in [3.8, 4) is 5.75 Å². The van der Waals surface area contributed by atoms with Crippen molar-refractivity contribution >= 4 is 62.3 Å². The zero-order chi connectivity index (χ0) is 31.7. The molecular formula is C31H36Cl3N3O5S. The van der Waals surface area contributed by atoms with Gasteiger partial charge in [0.05, 0.1) is 17.2 Å². The van der Waals surface area contributed by atoms with E-state index in [1.54, 1.807) is 56.3 Å². The maximum absolute atomic E-state index is 14.3.